The topological polar surface area (TPSA) is 51.1 Å². The normalized spacial score (nSPS) is 10.1. The van der Waals surface area contributed by atoms with Crippen molar-refractivity contribution in [1.82, 2.24) is 14.3 Å². The van der Waals surface area contributed by atoms with Gasteiger partial charge in [0, 0.05) is 30.4 Å². The standard InChI is InChI=1S/C10H12N4OS/c1-14(10-11-4-3-5-12-10)7-8-6-9(15-2)13-16-8/h3-6H,7H2,1-2H3. The maximum Gasteiger partial charge on any atom is 0.225 e. The van der Waals surface area contributed by atoms with Crippen molar-refractivity contribution in [2.24, 2.45) is 0 Å². The Balaban J connectivity index is 2.05. The van der Waals surface area contributed by atoms with Gasteiger partial charge >= 0.3 is 0 Å². The second kappa shape index (κ2) is 4.89. The highest BCUT2D eigenvalue weighted by Crippen LogP contribution is 2.18. The molecule has 0 unspecified atom stereocenters. The minimum absolute atomic E-state index is 0.655. The van der Waals surface area contributed by atoms with Crippen LogP contribution in [-0.2, 0) is 6.54 Å². The quantitative estimate of drug-likeness (QED) is 0.806. The molecule has 0 N–H and O–H groups in total. The Hall–Kier alpha value is -1.69. The van der Waals surface area contributed by atoms with Gasteiger partial charge in [-0.05, 0) is 17.6 Å². The van der Waals surface area contributed by atoms with E-state index in [9.17, 15) is 0 Å². The molecule has 0 atom stereocenters. The van der Waals surface area contributed by atoms with Gasteiger partial charge < -0.3 is 9.64 Å². The van der Waals surface area contributed by atoms with E-state index in [4.69, 9.17) is 4.74 Å². The van der Waals surface area contributed by atoms with Crippen LogP contribution in [0.4, 0.5) is 5.95 Å². The van der Waals surface area contributed by atoms with Crippen LogP contribution in [0.25, 0.3) is 0 Å². The Labute approximate surface area is 97.9 Å². The van der Waals surface area contributed by atoms with Crippen LogP contribution in [-0.4, -0.2) is 28.5 Å². The maximum atomic E-state index is 5.03. The van der Waals surface area contributed by atoms with Gasteiger partial charge in [0.05, 0.1) is 13.7 Å². The largest absolute Gasteiger partial charge is 0.480 e. The SMILES string of the molecule is COc1cc(CN(C)c2ncccn2)sn1. The zero-order chi connectivity index (χ0) is 11.4. The number of hydrogen-bond donors (Lipinski definition) is 0. The third-order valence-corrected chi connectivity index (χ3v) is 2.79. The first kappa shape index (κ1) is 10.8. The molecule has 0 aliphatic rings. The van der Waals surface area contributed by atoms with Gasteiger partial charge in [0.1, 0.15) is 0 Å². The van der Waals surface area contributed by atoms with Gasteiger partial charge in [0.25, 0.3) is 0 Å². The van der Waals surface area contributed by atoms with Crippen molar-refractivity contribution >= 4 is 17.5 Å². The van der Waals surface area contributed by atoms with E-state index >= 15 is 0 Å². The first-order valence-electron chi connectivity index (χ1n) is 4.77. The highest BCUT2D eigenvalue weighted by Gasteiger charge is 2.07. The average Bonchev–Trinajstić information content (AvgIpc) is 2.78. The van der Waals surface area contributed by atoms with Crippen molar-refractivity contribution in [1.29, 1.82) is 0 Å². The summed E-state index contributed by atoms with van der Waals surface area (Å²) in [5.74, 6) is 1.36. The molecular formula is C10H12N4OS. The molecular weight excluding hydrogens is 224 g/mol. The molecule has 2 aromatic heterocycles. The van der Waals surface area contributed by atoms with Crippen LogP contribution in [0.1, 0.15) is 4.88 Å². The van der Waals surface area contributed by atoms with E-state index in [2.05, 4.69) is 14.3 Å². The summed E-state index contributed by atoms with van der Waals surface area (Å²) in [6.07, 6.45) is 3.46. The Morgan fingerprint density at radius 1 is 1.38 bits per heavy atom. The molecule has 0 aromatic carbocycles. The van der Waals surface area contributed by atoms with Gasteiger partial charge in [-0.15, -0.1) is 0 Å². The summed E-state index contributed by atoms with van der Waals surface area (Å²) < 4.78 is 9.17. The van der Waals surface area contributed by atoms with Crippen molar-refractivity contribution in [3.8, 4) is 5.88 Å². The lowest BCUT2D eigenvalue weighted by atomic mass is 10.4. The molecule has 2 rings (SSSR count). The van der Waals surface area contributed by atoms with E-state index in [1.807, 2.05) is 18.0 Å². The number of hydrogen-bond acceptors (Lipinski definition) is 6. The predicted molar refractivity (Wildman–Crippen MR) is 62.8 cm³/mol. The Morgan fingerprint density at radius 2 is 2.12 bits per heavy atom. The van der Waals surface area contributed by atoms with Crippen molar-refractivity contribution in [2.75, 3.05) is 19.1 Å². The fourth-order valence-corrected chi connectivity index (χ4v) is 2.00. The Morgan fingerprint density at radius 3 is 2.75 bits per heavy atom. The molecule has 0 aliphatic heterocycles. The maximum absolute atomic E-state index is 5.03. The highest BCUT2D eigenvalue weighted by molar-refractivity contribution is 7.05. The molecule has 0 aliphatic carbocycles. The summed E-state index contributed by atoms with van der Waals surface area (Å²) in [6.45, 7) is 0.727. The fraction of sp³-hybridized carbons (Fsp3) is 0.300. The number of anilines is 1. The van der Waals surface area contributed by atoms with Crippen LogP contribution < -0.4 is 9.64 Å². The highest BCUT2D eigenvalue weighted by atomic mass is 32.1. The van der Waals surface area contributed by atoms with Gasteiger partial charge in [-0.2, -0.15) is 4.37 Å². The lowest BCUT2D eigenvalue weighted by Gasteiger charge is -2.14. The summed E-state index contributed by atoms with van der Waals surface area (Å²) in [4.78, 5) is 11.4. The average molecular weight is 236 g/mol. The van der Waals surface area contributed by atoms with Crippen molar-refractivity contribution in [3.63, 3.8) is 0 Å². The molecule has 16 heavy (non-hydrogen) atoms. The lowest BCUT2D eigenvalue weighted by Crippen LogP contribution is -2.18. The molecule has 0 amide bonds. The van der Waals surface area contributed by atoms with Crippen LogP contribution >= 0.6 is 11.5 Å². The van der Waals surface area contributed by atoms with Gasteiger partial charge in [-0.25, -0.2) is 9.97 Å². The summed E-state index contributed by atoms with van der Waals surface area (Å²) in [6, 6.07) is 3.72. The fourth-order valence-electron chi connectivity index (χ4n) is 1.26. The van der Waals surface area contributed by atoms with E-state index in [-0.39, 0.29) is 0 Å². The number of aromatic nitrogens is 3. The van der Waals surface area contributed by atoms with Gasteiger partial charge in [0.2, 0.25) is 11.8 Å². The summed E-state index contributed by atoms with van der Waals surface area (Å²) in [5.41, 5.74) is 0. The third-order valence-electron chi connectivity index (χ3n) is 2.03. The summed E-state index contributed by atoms with van der Waals surface area (Å²) in [5, 5.41) is 0. The Kier molecular flexibility index (Phi) is 3.31. The zero-order valence-electron chi connectivity index (χ0n) is 9.12. The Bertz CT molecular complexity index is 445. The minimum atomic E-state index is 0.655. The predicted octanol–water partition coefficient (Wildman–Crippen LogP) is 1.58. The van der Waals surface area contributed by atoms with E-state index in [1.165, 1.54) is 11.5 Å². The smallest absolute Gasteiger partial charge is 0.225 e. The van der Waals surface area contributed by atoms with Gasteiger partial charge in [0.15, 0.2) is 0 Å². The van der Waals surface area contributed by atoms with E-state index in [0.717, 1.165) is 11.4 Å². The van der Waals surface area contributed by atoms with Crippen molar-refractivity contribution < 1.29 is 4.74 Å². The molecule has 0 saturated heterocycles. The monoisotopic (exact) mass is 236 g/mol. The second-order valence-electron chi connectivity index (χ2n) is 3.24. The van der Waals surface area contributed by atoms with E-state index < -0.39 is 0 Å². The molecule has 0 spiro atoms. The second-order valence-corrected chi connectivity index (χ2v) is 4.13. The van der Waals surface area contributed by atoms with Crippen LogP contribution in [0, 0.1) is 0 Å². The van der Waals surface area contributed by atoms with E-state index in [1.54, 1.807) is 25.6 Å². The van der Waals surface area contributed by atoms with Crippen molar-refractivity contribution in [2.45, 2.75) is 6.54 Å². The molecule has 2 aromatic rings. The number of rotatable bonds is 4. The zero-order valence-corrected chi connectivity index (χ0v) is 9.94. The molecule has 0 bridgehead atoms. The van der Waals surface area contributed by atoms with Gasteiger partial charge in [-0.1, -0.05) is 0 Å². The molecule has 5 nitrogen and oxygen atoms in total. The molecule has 84 valence electrons. The van der Waals surface area contributed by atoms with Crippen LogP contribution in [0.5, 0.6) is 5.88 Å². The molecule has 0 fully saturated rings. The number of nitrogens with zero attached hydrogens (tertiary/aromatic N) is 4. The third kappa shape index (κ3) is 2.46. The van der Waals surface area contributed by atoms with Crippen LogP contribution in [0.15, 0.2) is 24.5 Å². The number of ether oxygens (including phenoxy) is 1. The van der Waals surface area contributed by atoms with Crippen LogP contribution in [0.2, 0.25) is 0 Å². The molecule has 6 heteroatoms. The summed E-state index contributed by atoms with van der Waals surface area (Å²) >= 11 is 1.42. The molecule has 0 saturated carbocycles. The van der Waals surface area contributed by atoms with Crippen LogP contribution in [0.3, 0.4) is 0 Å². The first-order valence-corrected chi connectivity index (χ1v) is 5.54. The first-order chi connectivity index (χ1) is 7.79. The van der Waals surface area contributed by atoms with Gasteiger partial charge in [-0.3, -0.25) is 0 Å². The van der Waals surface area contributed by atoms with Crippen molar-refractivity contribution in [3.05, 3.63) is 29.4 Å². The van der Waals surface area contributed by atoms with E-state index in [0.29, 0.717) is 11.8 Å². The number of methoxy groups -OCH3 is 1. The molecule has 0 radical (unpaired) electrons. The molecule has 2 heterocycles. The summed E-state index contributed by atoms with van der Waals surface area (Å²) in [7, 11) is 3.56. The minimum Gasteiger partial charge on any atom is -0.480 e. The lowest BCUT2D eigenvalue weighted by molar-refractivity contribution is 0.402.